The quantitative estimate of drug-likeness (QED) is 0.611. The van der Waals surface area contributed by atoms with E-state index in [0.717, 1.165) is 20.2 Å². The van der Waals surface area contributed by atoms with Crippen LogP contribution in [0.5, 0.6) is 0 Å². The van der Waals surface area contributed by atoms with Gasteiger partial charge in [-0.3, -0.25) is 4.98 Å². The van der Waals surface area contributed by atoms with E-state index in [2.05, 4.69) is 72.5 Å². The van der Waals surface area contributed by atoms with E-state index in [-0.39, 0.29) is 0 Å². The number of rotatable bonds is 4. The number of pyridine rings is 1. The molecule has 5 heteroatoms. The number of nitrogens with zero attached hydrogens (tertiary/aromatic N) is 1. The van der Waals surface area contributed by atoms with Gasteiger partial charge in [-0.2, -0.15) is 0 Å². The van der Waals surface area contributed by atoms with Crippen LogP contribution in [0, 0.1) is 0 Å². The number of fused-ring (bicyclic) bond motifs is 1. The van der Waals surface area contributed by atoms with Gasteiger partial charge in [-0.1, -0.05) is 18.2 Å². The molecule has 108 valence electrons. The second-order valence-electron chi connectivity index (χ2n) is 4.80. The van der Waals surface area contributed by atoms with Crippen molar-refractivity contribution in [2.75, 3.05) is 7.05 Å². The maximum Gasteiger partial charge on any atom is 0.0843 e. The van der Waals surface area contributed by atoms with Crippen LogP contribution in [0.3, 0.4) is 0 Å². The standard InChI is InChI=1S/C16H14Br2N2S/c1-19-14(15-9-12(17)16(18)21-15)8-10-6-7-20-13-5-3-2-4-11(10)13/h2-7,9,14,19H,8H2,1H3. The molecule has 3 aromatic rings. The summed E-state index contributed by atoms with van der Waals surface area (Å²) in [5.74, 6) is 0. The average Bonchev–Trinajstić information content (AvgIpc) is 2.84. The van der Waals surface area contributed by atoms with Gasteiger partial charge in [0.1, 0.15) is 0 Å². The van der Waals surface area contributed by atoms with Crippen LogP contribution in [0.15, 0.2) is 50.9 Å². The number of hydrogen-bond donors (Lipinski definition) is 1. The fraction of sp³-hybridized carbons (Fsp3) is 0.188. The van der Waals surface area contributed by atoms with E-state index in [1.165, 1.54) is 15.8 Å². The highest BCUT2D eigenvalue weighted by Crippen LogP contribution is 2.36. The van der Waals surface area contributed by atoms with Gasteiger partial charge >= 0.3 is 0 Å². The third-order valence-electron chi connectivity index (χ3n) is 3.52. The summed E-state index contributed by atoms with van der Waals surface area (Å²) in [6, 6.07) is 12.9. The first-order valence-electron chi connectivity index (χ1n) is 6.63. The maximum absolute atomic E-state index is 4.43. The smallest absolute Gasteiger partial charge is 0.0843 e. The number of halogens is 2. The highest BCUT2D eigenvalue weighted by atomic mass is 79.9. The van der Waals surface area contributed by atoms with Crippen LogP contribution in [-0.4, -0.2) is 12.0 Å². The van der Waals surface area contributed by atoms with Gasteiger partial charge in [0.25, 0.3) is 0 Å². The summed E-state index contributed by atoms with van der Waals surface area (Å²) in [6.07, 6.45) is 2.84. The molecule has 1 N–H and O–H groups in total. The van der Waals surface area contributed by atoms with Gasteiger partial charge in [0.05, 0.1) is 9.30 Å². The molecule has 1 aromatic carbocycles. The van der Waals surface area contributed by atoms with Crippen molar-refractivity contribution in [2.24, 2.45) is 0 Å². The second-order valence-corrected chi connectivity index (χ2v) is 8.06. The van der Waals surface area contributed by atoms with E-state index < -0.39 is 0 Å². The summed E-state index contributed by atoms with van der Waals surface area (Å²) in [6.45, 7) is 0. The second kappa shape index (κ2) is 6.57. The number of aromatic nitrogens is 1. The molecule has 0 spiro atoms. The minimum absolute atomic E-state index is 0.295. The predicted octanol–water partition coefficient (Wildman–Crippen LogP) is 5.32. The van der Waals surface area contributed by atoms with E-state index in [0.29, 0.717) is 6.04 Å². The molecule has 0 aliphatic heterocycles. The van der Waals surface area contributed by atoms with Crippen LogP contribution in [0.2, 0.25) is 0 Å². The summed E-state index contributed by atoms with van der Waals surface area (Å²) in [5.41, 5.74) is 2.37. The molecular weight excluding hydrogens is 412 g/mol. The van der Waals surface area contributed by atoms with Gasteiger partial charge in [0, 0.05) is 27.0 Å². The molecule has 0 aliphatic rings. The van der Waals surface area contributed by atoms with Gasteiger partial charge in [-0.25, -0.2) is 0 Å². The minimum Gasteiger partial charge on any atom is -0.312 e. The highest BCUT2D eigenvalue weighted by Gasteiger charge is 2.16. The third kappa shape index (κ3) is 3.21. The fourth-order valence-corrected chi connectivity index (χ4v) is 4.63. The van der Waals surface area contributed by atoms with Gasteiger partial charge in [0.2, 0.25) is 0 Å². The average molecular weight is 426 g/mol. The summed E-state index contributed by atoms with van der Waals surface area (Å²) in [4.78, 5) is 5.75. The molecule has 0 fully saturated rings. The van der Waals surface area contributed by atoms with Crippen LogP contribution in [0.4, 0.5) is 0 Å². The van der Waals surface area contributed by atoms with Crippen molar-refractivity contribution in [1.82, 2.24) is 10.3 Å². The van der Waals surface area contributed by atoms with E-state index in [1.807, 2.05) is 19.3 Å². The van der Waals surface area contributed by atoms with Crippen LogP contribution in [-0.2, 0) is 6.42 Å². The summed E-state index contributed by atoms with van der Waals surface area (Å²) in [5, 5.41) is 4.65. The van der Waals surface area contributed by atoms with E-state index in [1.54, 1.807) is 11.3 Å². The Morgan fingerprint density at radius 3 is 2.76 bits per heavy atom. The minimum atomic E-state index is 0.295. The van der Waals surface area contributed by atoms with Crippen molar-refractivity contribution in [3.63, 3.8) is 0 Å². The van der Waals surface area contributed by atoms with E-state index in [4.69, 9.17) is 0 Å². The Balaban J connectivity index is 1.96. The first-order valence-corrected chi connectivity index (χ1v) is 9.04. The zero-order chi connectivity index (χ0) is 14.8. The zero-order valence-corrected chi connectivity index (χ0v) is 15.4. The number of thiophene rings is 1. The molecule has 0 bridgehead atoms. The number of nitrogens with one attached hydrogen (secondary N) is 1. The molecule has 1 atom stereocenters. The molecule has 2 heterocycles. The predicted molar refractivity (Wildman–Crippen MR) is 97.0 cm³/mol. The Labute approximate surface area is 144 Å². The Morgan fingerprint density at radius 2 is 2.05 bits per heavy atom. The van der Waals surface area contributed by atoms with Crippen molar-refractivity contribution in [2.45, 2.75) is 12.5 Å². The first-order chi connectivity index (χ1) is 10.2. The lowest BCUT2D eigenvalue weighted by Gasteiger charge is -2.15. The number of likely N-dealkylation sites (N-methyl/N-ethyl adjacent to an activating group) is 1. The van der Waals surface area contributed by atoms with E-state index in [9.17, 15) is 0 Å². The number of hydrogen-bond acceptors (Lipinski definition) is 3. The molecule has 0 saturated heterocycles. The van der Waals surface area contributed by atoms with E-state index >= 15 is 0 Å². The molecule has 0 saturated carbocycles. The Hall–Kier alpha value is -0.750. The van der Waals surface area contributed by atoms with Gasteiger partial charge < -0.3 is 5.32 Å². The molecular formula is C16H14Br2N2S. The Morgan fingerprint density at radius 1 is 1.24 bits per heavy atom. The summed E-state index contributed by atoms with van der Waals surface area (Å²) >= 11 is 8.90. The Kier molecular flexibility index (Phi) is 4.74. The lowest BCUT2D eigenvalue weighted by atomic mass is 10.0. The first kappa shape index (κ1) is 15.2. The lowest BCUT2D eigenvalue weighted by Crippen LogP contribution is -2.17. The summed E-state index contributed by atoms with van der Waals surface area (Å²) in [7, 11) is 2.01. The molecule has 1 unspecified atom stereocenters. The Bertz CT molecular complexity index is 745. The van der Waals surface area contributed by atoms with Crippen molar-refractivity contribution < 1.29 is 0 Å². The highest BCUT2D eigenvalue weighted by molar-refractivity contribution is 9.13. The molecule has 3 rings (SSSR count). The maximum atomic E-state index is 4.43. The molecule has 2 nitrogen and oxygen atoms in total. The van der Waals surface area contributed by atoms with Crippen LogP contribution < -0.4 is 5.32 Å². The van der Waals surface area contributed by atoms with Gasteiger partial charge in [0.15, 0.2) is 0 Å². The van der Waals surface area contributed by atoms with Crippen molar-refractivity contribution in [3.8, 4) is 0 Å². The molecule has 0 amide bonds. The van der Waals surface area contributed by atoms with Crippen LogP contribution in [0.1, 0.15) is 16.5 Å². The van der Waals surface area contributed by atoms with Crippen LogP contribution >= 0.6 is 43.2 Å². The van der Waals surface area contributed by atoms with Crippen molar-refractivity contribution >= 4 is 54.1 Å². The molecule has 21 heavy (non-hydrogen) atoms. The molecule has 2 aromatic heterocycles. The van der Waals surface area contributed by atoms with Crippen molar-refractivity contribution in [3.05, 3.63) is 61.3 Å². The monoisotopic (exact) mass is 424 g/mol. The summed E-state index contributed by atoms with van der Waals surface area (Å²) < 4.78 is 2.25. The SMILES string of the molecule is CNC(Cc1ccnc2ccccc12)c1cc(Br)c(Br)s1. The molecule has 0 aliphatic carbocycles. The fourth-order valence-electron chi connectivity index (χ4n) is 2.43. The normalized spacial score (nSPS) is 12.7. The van der Waals surface area contributed by atoms with Crippen LogP contribution in [0.25, 0.3) is 10.9 Å². The third-order valence-corrected chi connectivity index (χ3v) is 6.89. The largest absolute Gasteiger partial charge is 0.312 e. The number of para-hydroxylation sites is 1. The zero-order valence-electron chi connectivity index (χ0n) is 11.4. The van der Waals surface area contributed by atoms with Gasteiger partial charge in [-0.15, -0.1) is 11.3 Å². The van der Waals surface area contributed by atoms with Crippen molar-refractivity contribution in [1.29, 1.82) is 0 Å². The molecule has 0 radical (unpaired) electrons. The topological polar surface area (TPSA) is 24.9 Å². The number of benzene rings is 1. The van der Waals surface area contributed by atoms with Gasteiger partial charge in [-0.05, 0) is 69.1 Å². The lowest BCUT2D eigenvalue weighted by molar-refractivity contribution is 0.604.